The number of sulfone groups is 1. The Hall–Kier alpha value is -1.25. The lowest BCUT2D eigenvalue weighted by molar-refractivity contribution is 0.284. The van der Waals surface area contributed by atoms with Crippen LogP contribution >= 0.6 is 0 Å². The molecule has 0 aliphatic rings. The molecule has 1 aromatic rings. The minimum Gasteiger partial charge on any atom is -0.398 e. The fourth-order valence-corrected chi connectivity index (χ4v) is 3.46. The van der Waals surface area contributed by atoms with E-state index in [0.717, 1.165) is 18.2 Å². The summed E-state index contributed by atoms with van der Waals surface area (Å²) in [5.41, 5.74) is 4.95. The molecule has 0 aromatic heterocycles. The average molecular weight is 361 g/mol. The first-order valence-corrected chi connectivity index (χ1v) is 9.50. The van der Waals surface area contributed by atoms with Gasteiger partial charge in [-0.1, -0.05) is 0 Å². The van der Waals surface area contributed by atoms with E-state index < -0.39 is 58.2 Å². The minimum absolute atomic E-state index is 0.447. The summed E-state index contributed by atoms with van der Waals surface area (Å²) in [6.07, 6.45) is 0. The molecular weight excluding hydrogens is 350 g/mol. The van der Waals surface area contributed by atoms with Crippen molar-refractivity contribution in [2.24, 2.45) is 0 Å². The molecule has 0 radical (unpaired) electrons. The highest BCUT2D eigenvalue weighted by Gasteiger charge is 2.21. The highest BCUT2D eigenvalue weighted by molar-refractivity contribution is 7.91. The molecule has 13 heteroatoms. The van der Waals surface area contributed by atoms with E-state index in [9.17, 15) is 25.3 Å². The van der Waals surface area contributed by atoms with Crippen LogP contribution in [0.5, 0.6) is 0 Å². The van der Waals surface area contributed by atoms with Crippen molar-refractivity contribution in [1.82, 2.24) is 0 Å². The van der Waals surface area contributed by atoms with Crippen molar-refractivity contribution in [3.63, 3.8) is 0 Å². The average Bonchev–Trinajstić information content (AvgIpc) is 2.24. The summed E-state index contributed by atoms with van der Waals surface area (Å²) in [4.78, 5) is -1.05. The van der Waals surface area contributed by atoms with E-state index in [4.69, 9.17) is 14.8 Å². The quantitative estimate of drug-likeness (QED) is 0.425. The van der Waals surface area contributed by atoms with Crippen LogP contribution in [0.1, 0.15) is 0 Å². The number of benzene rings is 1. The standard InChI is InChI=1S/C8H11NO9S3/c9-7-5-6(20(12,13)14)1-2-8(7)19(10,11)4-3-18-21(15,16)17/h1-2,5H,3-4,9H2,(H,12,13,14)(H,15,16,17). The number of rotatable bonds is 6. The van der Waals surface area contributed by atoms with Crippen molar-refractivity contribution >= 4 is 36.0 Å². The van der Waals surface area contributed by atoms with Gasteiger partial charge in [0.05, 0.1) is 27.8 Å². The molecule has 1 aromatic carbocycles. The van der Waals surface area contributed by atoms with Gasteiger partial charge in [0.15, 0.2) is 9.84 Å². The predicted octanol–water partition coefficient (Wildman–Crippen LogP) is -0.891. The van der Waals surface area contributed by atoms with E-state index in [0.29, 0.717) is 0 Å². The highest BCUT2D eigenvalue weighted by atomic mass is 32.3. The largest absolute Gasteiger partial charge is 0.398 e. The molecule has 0 unspecified atom stereocenters. The van der Waals surface area contributed by atoms with Gasteiger partial charge in [-0.2, -0.15) is 16.8 Å². The SMILES string of the molecule is Nc1cc(S(=O)(=O)O)ccc1S(=O)(=O)CCOS(=O)(=O)O. The van der Waals surface area contributed by atoms with Crippen molar-refractivity contribution in [3.05, 3.63) is 18.2 Å². The van der Waals surface area contributed by atoms with Gasteiger partial charge >= 0.3 is 10.4 Å². The number of nitrogens with two attached hydrogens (primary N) is 1. The maximum atomic E-state index is 11.9. The van der Waals surface area contributed by atoms with Gasteiger partial charge in [-0.3, -0.25) is 9.11 Å². The van der Waals surface area contributed by atoms with Gasteiger partial charge in [-0.25, -0.2) is 12.6 Å². The molecule has 21 heavy (non-hydrogen) atoms. The number of hydrogen-bond acceptors (Lipinski definition) is 8. The van der Waals surface area contributed by atoms with E-state index in [2.05, 4.69) is 4.18 Å². The maximum absolute atomic E-state index is 11.9. The molecule has 4 N–H and O–H groups in total. The Morgan fingerprint density at radius 2 is 1.62 bits per heavy atom. The first kappa shape index (κ1) is 17.8. The summed E-state index contributed by atoms with van der Waals surface area (Å²) in [7, 11) is -13.4. The maximum Gasteiger partial charge on any atom is 0.397 e. The lowest BCUT2D eigenvalue weighted by Gasteiger charge is -2.08. The van der Waals surface area contributed by atoms with Crippen molar-refractivity contribution in [1.29, 1.82) is 0 Å². The van der Waals surface area contributed by atoms with Gasteiger partial charge in [0.2, 0.25) is 0 Å². The molecule has 0 aliphatic carbocycles. The van der Waals surface area contributed by atoms with Crippen LogP contribution in [-0.2, 0) is 34.5 Å². The summed E-state index contributed by atoms with van der Waals surface area (Å²) in [5.74, 6) is -0.817. The van der Waals surface area contributed by atoms with Crippen LogP contribution in [0.4, 0.5) is 5.69 Å². The van der Waals surface area contributed by atoms with Crippen LogP contribution in [0.3, 0.4) is 0 Å². The molecule has 0 bridgehead atoms. The molecule has 0 spiro atoms. The van der Waals surface area contributed by atoms with E-state index in [-0.39, 0.29) is 0 Å². The Labute approximate surface area is 121 Å². The van der Waals surface area contributed by atoms with Gasteiger partial charge in [-0.15, -0.1) is 0 Å². The van der Waals surface area contributed by atoms with Crippen LogP contribution in [0.25, 0.3) is 0 Å². The summed E-state index contributed by atoms with van der Waals surface area (Å²) in [5, 5.41) is 0. The fraction of sp³-hybridized carbons (Fsp3) is 0.250. The zero-order valence-electron chi connectivity index (χ0n) is 10.2. The number of nitrogen functional groups attached to an aromatic ring is 1. The Morgan fingerprint density at radius 3 is 2.05 bits per heavy atom. The second kappa shape index (κ2) is 5.86. The second-order valence-corrected chi connectivity index (χ2v) is 8.33. The van der Waals surface area contributed by atoms with Crippen molar-refractivity contribution in [2.45, 2.75) is 9.79 Å². The second-order valence-electron chi connectivity index (χ2n) is 3.74. The van der Waals surface area contributed by atoms with Crippen molar-refractivity contribution in [3.8, 4) is 0 Å². The lowest BCUT2D eigenvalue weighted by Crippen LogP contribution is -2.16. The van der Waals surface area contributed by atoms with Gasteiger partial charge in [0.1, 0.15) is 0 Å². The molecule has 0 amide bonds. The predicted molar refractivity (Wildman–Crippen MR) is 70.2 cm³/mol. The van der Waals surface area contributed by atoms with E-state index in [1.54, 1.807) is 0 Å². The Kier molecular flexibility index (Phi) is 4.97. The Balaban J connectivity index is 3.05. The van der Waals surface area contributed by atoms with Crippen molar-refractivity contribution in [2.75, 3.05) is 18.1 Å². The smallest absolute Gasteiger partial charge is 0.397 e. The molecule has 120 valence electrons. The van der Waals surface area contributed by atoms with Gasteiger partial charge in [0.25, 0.3) is 10.1 Å². The van der Waals surface area contributed by atoms with E-state index >= 15 is 0 Å². The summed E-state index contributed by atoms with van der Waals surface area (Å²) >= 11 is 0. The van der Waals surface area contributed by atoms with Crippen LogP contribution in [0, 0.1) is 0 Å². The molecule has 0 heterocycles. The zero-order chi connectivity index (χ0) is 16.5. The summed E-state index contributed by atoms with van der Waals surface area (Å²) < 4.78 is 87.0. The number of anilines is 1. The topological polar surface area (TPSA) is 178 Å². The van der Waals surface area contributed by atoms with E-state index in [1.165, 1.54) is 0 Å². The molecule has 0 fully saturated rings. The monoisotopic (exact) mass is 361 g/mol. The Morgan fingerprint density at radius 1 is 1.05 bits per heavy atom. The third-order valence-electron chi connectivity index (χ3n) is 2.20. The first-order chi connectivity index (χ1) is 9.33. The normalized spacial score (nSPS) is 13.2. The lowest BCUT2D eigenvalue weighted by atomic mass is 10.3. The van der Waals surface area contributed by atoms with Crippen molar-refractivity contribution < 1.29 is 38.5 Å². The highest BCUT2D eigenvalue weighted by Crippen LogP contribution is 2.23. The molecule has 1 rings (SSSR count). The van der Waals surface area contributed by atoms with Crippen LogP contribution in [0.15, 0.2) is 28.0 Å². The number of hydrogen-bond donors (Lipinski definition) is 3. The molecule has 0 atom stereocenters. The summed E-state index contributed by atoms with van der Waals surface area (Å²) in [6, 6.07) is 2.41. The van der Waals surface area contributed by atoms with Crippen LogP contribution in [0.2, 0.25) is 0 Å². The molecule has 10 nitrogen and oxygen atoms in total. The minimum atomic E-state index is -4.77. The van der Waals surface area contributed by atoms with Crippen LogP contribution < -0.4 is 5.73 Å². The third kappa shape index (κ3) is 5.22. The fourth-order valence-electron chi connectivity index (χ4n) is 1.33. The van der Waals surface area contributed by atoms with Gasteiger partial charge < -0.3 is 5.73 Å². The van der Waals surface area contributed by atoms with Gasteiger partial charge in [-0.05, 0) is 18.2 Å². The molecule has 0 aliphatic heterocycles. The molecule has 0 saturated carbocycles. The van der Waals surface area contributed by atoms with Crippen LogP contribution in [-0.4, -0.2) is 46.7 Å². The third-order valence-corrected chi connectivity index (χ3v) is 5.26. The molecule has 0 saturated heterocycles. The first-order valence-electron chi connectivity index (χ1n) is 5.04. The zero-order valence-corrected chi connectivity index (χ0v) is 12.7. The summed E-state index contributed by atoms with van der Waals surface area (Å²) in [6.45, 7) is -0.847. The van der Waals surface area contributed by atoms with E-state index in [1.807, 2.05) is 0 Å². The van der Waals surface area contributed by atoms with Gasteiger partial charge in [0, 0.05) is 0 Å². The molecular formula is C8H11NO9S3. The Bertz CT molecular complexity index is 839.